The van der Waals surface area contributed by atoms with Gasteiger partial charge < -0.3 is 10.0 Å². The van der Waals surface area contributed by atoms with Gasteiger partial charge in [-0.2, -0.15) is 0 Å². The van der Waals surface area contributed by atoms with E-state index in [1.807, 2.05) is 6.92 Å². The Bertz CT molecular complexity index is 675. The average molecular weight is 305 g/mol. The second-order valence-corrected chi connectivity index (χ2v) is 6.95. The molecule has 2 aromatic heterocycles. The van der Waals surface area contributed by atoms with Crippen LogP contribution in [0.3, 0.4) is 0 Å². The van der Waals surface area contributed by atoms with E-state index in [-0.39, 0.29) is 0 Å². The van der Waals surface area contributed by atoms with E-state index < -0.39 is 11.4 Å². The molecule has 3 heterocycles. The number of carboxylic acids is 1. The van der Waals surface area contributed by atoms with E-state index in [9.17, 15) is 9.90 Å². The Morgan fingerprint density at radius 2 is 2.14 bits per heavy atom. The van der Waals surface area contributed by atoms with Crippen LogP contribution in [-0.4, -0.2) is 34.1 Å². The van der Waals surface area contributed by atoms with Crippen LogP contribution in [0.25, 0.3) is 10.2 Å². The molecule has 1 aliphatic rings. The number of aryl methyl sites for hydroxylation is 1. The maximum absolute atomic E-state index is 11.3. The summed E-state index contributed by atoms with van der Waals surface area (Å²) in [4.78, 5) is 24.6. The van der Waals surface area contributed by atoms with Crippen molar-refractivity contribution in [3.8, 4) is 0 Å². The van der Waals surface area contributed by atoms with Crippen LogP contribution in [0.1, 0.15) is 31.6 Å². The number of anilines is 1. The van der Waals surface area contributed by atoms with Gasteiger partial charge in [-0.3, -0.25) is 4.79 Å². The first kappa shape index (κ1) is 14.3. The van der Waals surface area contributed by atoms with Crippen LogP contribution in [0.5, 0.6) is 0 Å². The molecule has 0 radical (unpaired) electrons. The third-order valence-electron chi connectivity index (χ3n) is 4.39. The lowest BCUT2D eigenvalue weighted by molar-refractivity contribution is -0.149. The number of rotatable bonds is 3. The Morgan fingerprint density at radius 3 is 2.76 bits per heavy atom. The van der Waals surface area contributed by atoms with E-state index in [4.69, 9.17) is 0 Å². The number of nitrogens with zero attached hydrogens (tertiary/aromatic N) is 3. The van der Waals surface area contributed by atoms with Crippen LogP contribution in [0.4, 0.5) is 5.82 Å². The second-order valence-electron chi connectivity index (χ2n) is 5.84. The molecular formula is C15H19N3O2S. The fourth-order valence-electron chi connectivity index (χ4n) is 2.75. The topological polar surface area (TPSA) is 66.3 Å². The number of hydrogen-bond acceptors (Lipinski definition) is 5. The average Bonchev–Trinajstić information content (AvgIpc) is 2.91. The summed E-state index contributed by atoms with van der Waals surface area (Å²) in [6, 6.07) is 2.17. The molecule has 0 saturated carbocycles. The highest BCUT2D eigenvalue weighted by Gasteiger charge is 2.37. The molecule has 1 saturated heterocycles. The number of thiophene rings is 1. The number of carboxylic acid groups (broad SMARTS) is 1. The van der Waals surface area contributed by atoms with E-state index >= 15 is 0 Å². The number of aromatic nitrogens is 2. The number of carbonyl (C=O) groups is 1. The van der Waals surface area contributed by atoms with Crippen LogP contribution in [-0.2, 0) is 11.2 Å². The molecule has 1 N–H and O–H groups in total. The Balaban J connectivity index is 1.89. The molecule has 2 aromatic rings. The molecule has 0 aromatic carbocycles. The molecule has 3 rings (SSSR count). The van der Waals surface area contributed by atoms with Crippen molar-refractivity contribution < 1.29 is 9.90 Å². The number of aliphatic carboxylic acids is 1. The van der Waals surface area contributed by atoms with Gasteiger partial charge in [0.05, 0.1) is 10.8 Å². The SMILES string of the molecule is CCc1cc2c(N3CCC(C)(C(=O)O)CC3)ncnc2s1. The van der Waals surface area contributed by atoms with Crippen molar-refractivity contribution in [1.82, 2.24) is 9.97 Å². The fourth-order valence-corrected chi connectivity index (χ4v) is 3.67. The van der Waals surface area contributed by atoms with Gasteiger partial charge in [-0.05, 0) is 32.3 Å². The molecule has 5 nitrogen and oxygen atoms in total. The molecule has 0 atom stereocenters. The van der Waals surface area contributed by atoms with Gasteiger partial charge in [0.25, 0.3) is 0 Å². The van der Waals surface area contributed by atoms with Crippen molar-refractivity contribution >= 4 is 33.3 Å². The smallest absolute Gasteiger partial charge is 0.309 e. The van der Waals surface area contributed by atoms with E-state index in [0.29, 0.717) is 12.8 Å². The molecule has 112 valence electrons. The summed E-state index contributed by atoms with van der Waals surface area (Å²) in [7, 11) is 0. The standard InChI is InChI=1S/C15H19N3O2S/c1-3-10-8-11-12(16-9-17-13(11)21-10)18-6-4-15(2,5-7-18)14(19)20/h8-9H,3-7H2,1-2H3,(H,19,20). The minimum Gasteiger partial charge on any atom is -0.481 e. The number of fused-ring (bicyclic) bond motifs is 1. The van der Waals surface area contributed by atoms with E-state index in [2.05, 4.69) is 27.9 Å². The minimum absolute atomic E-state index is 0.605. The van der Waals surface area contributed by atoms with Gasteiger partial charge in [0.15, 0.2) is 0 Å². The minimum atomic E-state index is -0.696. The van der Waals surface area contributed by atoms with Crippen molar-refractivity contribution in [2.75, 3.05) is 18.0 Å². The Labute approximate surface area is 127 Å². The highest BCUT2D eigenvalue weighted by atomic mass is 32.1. The summed E-state index contributed by atoms with van der Waals surface area (Å²) < 4.78 is 0. The van der Waals surface area contributed by atoms with Gasteiger partial charge in [0.1, 0.15) is 17.0 Å². The van der Waals surface area contributed by atoms with Gasteiger partial charge >= 0.3 is 5.97 Å². The van der Waals surface area contributed by atoms with E-state index in [1.165, 1.54) is 4.88 Å². The van der Waals surface area contributed by atoms with Crippen molar-refractivity contribution in [1.29, 1.82) is 0 Å². The van der Waals surface area contributed by atoms with Crippen LogP contribution in [0.15, 0.2) is 12.4 Å². The molecule has 1 fully saturated rings. The molecule has 6 heteroatoms. The van der Waals surface area contributed by atoms with Crippen molar-refractivity contribution in [3.05, 3.63) is 17.3 Å². The van der Waals surface area contributed by atoms with Crippen LogP contribution in [0, 0.1) is 5.41 Å². The zero-order valence-corrected chi connectivity index (χ0v) is 13.1. The third-order valence-corrected chi connectivity index (χ3v) is 5.58. The first-order chi connectivity index (χ1) is 10.0. The molecule has 1 aliphatic heterocycles. The predicted octanol–water partition coefficient (Wildman–Crippen LogP) is 2.94. The van der Waals surface area contributed by atoms with Crippen LogP contribution < -0.4 is 4.90 Å². The third kappa shape index (κ3) is 2.48. The quantitative estimate of drug-likeness (QED) is 0.944. The van der Waals surface area contributed by atoms with Gasteiger partial charge in [0, 0.05) is 18.0 Å². The zero-order chi connectivity index (χ0) is 15.0. The Hall–Kier alpha value is -1.69. The van der Waals surface area contributed by atoms with Crippen molar-refractivity contribution in [2.45, 2.75) is 33.1 Å². The fraction of sp³-hybridized carbons (Fsp3) is 0.533. The van der Waals surface area contributed by atoms with Crippen LogP contribution >= 0.6 is 11.3 Å². The Kier molecular flexibility index (Phi) is 3.57. The normalized spacial score (nSPS) is 18.1. The summed E-state index contributed by atoms with van der Waals surface area (Å²) in [6.07, 6.45) is 3.91. The second kappa shape index (κ2) is 5.26. The highest BCUT2D eigenvalue weighted by molar-refractivity contribution is 7.18. The lowest BCUT2D eigenvalue weighted by atomic mass is 9.80. The predicted molar refractivity (Wildman–Crippen MR) is 84.0 cm³/mol. The number of piperidine rings is 1. The molecule has 0 bridgehead atoms. The largest absolute Gasteiger partial charge is 0.481 e. The monoisotopic (exact) mass is 305 g/mol. The lowest BCUT2D eigenvalue weighted by Crippen LogP contribution is -2.43. The highest BCUT2D eigenvalue weighted by Crippen LogP contribution is 2.36. The van der Waals surface area contributed by atoms with Gasteiger partial charge in [0.2, 0.25) is 0 Å². The maximum atomic E-state index is 11.3. The van der Waals surface area contributed by atoms with Gasteiger partial charge in [-0.15, -0.1) is 11.3 Å². The van der Waals surface area contributed by atoms with Crippen molar-refractivity contribution in [2.24, 2.45) is 5.41 Å². The molecule has 0 unspecified atom stereocenters. The van der Waals surface area contributed by atoms with Crippen LogP contribution in [0.2, 0.25) is 0 Å². The molecular weight excluding hydrogens is 286 g/mol. The van der Waals surface area contributed by atoms with E-state index in [1.54, 1.807) is 17.7 Å². The maximum Gasteiger partial charge on any atom is 0.309 e. The molecule has 0 amide bonds. The lowest BCUT2D eigenvalue weighted by Gasteiger charge is -2.37. The van der Waals surface area contributed by atoms with E-state index in [0.717, 1.165) is 35.5 Å². The molecule has 21 heavy (non-hydrogen) atoms. The summed E-state index contributed by atoms with van der Waals surface area (Å²) in [5.41, 5.74) is -0.605. The molecule has 0 aliphatic carbocycles. The first-order valence-corrected chi connectivity index (χ1v) is 8.07. The summed E-state index contributed by atoms with van der Waals surface area (Å²) in [6.45, 7) is 5.43. The van der Waals surface area contributed by atoms with Gasteiger partial charge in [-0.1, -0.05) is 6.92 Å². The number of hydrogen-bond donors (Lipinski definition) is 1. The summed E-state index contributed by atoms with van der Waals surface area (Å²) in [5.74, 6) is 0.252. The Morgan fingerprint density at radius 1 is 1.43 bits per heavy atom. The summed E-state index contributed by atoms with van der Waals surface area (Å²) in [5, 5.41) is 10.4. The first-order valence-electron chi connectivity index (χ1n) is 7.25. The van der Waals surface area contributed by atoms with Crippen molar-refractivity contribution in [3.63, 3.8) is 0 Å². The molecule has 0 spiro atoms. The van der Waals surface area contributed by atoms with Gasteiger partial charge in [-0.25, -0.2) is 9.97 Å². The zero-order valence-electron chi connectivity index (χ0n) is 12.3. The summed E-state index contributed by atoms with van der Waals surface area (Å²) >= 11 is 1.71.